The normalized spacial score (nSPS) is 12.9. The van der Waals surface area contributed by atoms with Crippen molar-refractivity contribution in [2.24, 2.45) is 0 Å². The van der Waals surface area contributed by atoms with Crippen LogP contribution in [0.3, 0.4) is 0 Å². The number of hydrogen-bond acceptors (Lipinski definition) is 5. The van der Waals surface area contributed by atoms with Crippen LogP contribution in [0.5, 0.6) is 0 Å². The van der Waals surface area contributed by atoms with Crippen LogP contribution in [0.25, 0.3) is 0 Å². The molecule has 108 valence electrons. The number of nitrogens with zero attached hydrogens (tertiary/aromatic N) is 1. The first-order valence-corrected chi connectivity index (χ1v) is 7.41. The molecule has 0 saturated carbocycles. The highest BCUT2D eigenvalue weighted by Crippen LogP contribution is 2.15. The van der Waals surface area contributed by atoms with Crippen LogP contribution in [0.15, 0.2) is 0 Å². The fraction of sp³-hybridized carbons (Fsp3) is 0.909. The van der Waals surface area contributed by atoms with E-state index >= 15 is 0 Å². The van der Waals surface area contributed by atoms with Crippen molar-refractivity contribution in [1.29, 1.82) is 0 Å². The first-order valence-electron chi connectivity index (χ1n) is 5.75. The van der Waals surface area contributed by atoms with Crippen LogP contribution in [0.4, 0.5) is 0 Å². The van der Waals surface area contributed by atoms with Gasteiger partial charge in [-0.05, 0) is 20.8 Å². The van der Waals surface area contributed by atoms with Crippen molar-refractivity contribution in [2.45, 2.75) is 25.5 Å². The SMILES string of the molecule is COCCN(CCS(=O)(=O)C(C)(C)C)CC(=O)O. The van der Waals surface area contributed by atoms with E-state index in [1.807, 2.05) is 0 Å². The molecule has 0 bridgehead atoms. The lowest BCUT2D eigenvalue weighted by Crippen LogP contribution is -2.39. The van der Waals surface area contributed by atoms with E-state index in [0.717, 1.165) is 0 Å². The van der Waals surface area contributed by atoms with Crippen molar-refractivity contribution in [2.75, 3.05) is 39.1 Å². The van der Waals surface area contributed by atoms with E-state index in [1.54, 1.807) is 25.7 Å². The second-order valence-corrected chi connectivity index (χ2v) is 7.96. The zero-order valence-corrected chi connectivity index (χ0v) is 12.3. The van der Waals surface area contributed by atoms with Gasteiger partial charge in [0.25, 0.3) is 0 Å². The van der Waals surface area contributed by atoms with Gasteiger partial charge in [0.15, 0.2) is 9.84 Å². The predicted molar refractivity (Wildman–Crippen MR) is 69.5 cm³/mol. The predicted octanol–water partition coefficient (Wildman–Crippen LogP) is 0.233. The molecule has 0 amide bonds. The summed E-state index contributed by atoms with van der Waals surface area (Å²) in [7, 11) is -1.71. The Morgan fingerprint density at radius 3 is 2.22 bits per heavy atom. The van der Waals surface area contributed by atoms with Gasteiger partial charge in [-0.15, -0.1) is 0 Å². The molecule has 0 aromatic heterocycles. The van der Waals surface area contributed by atoms with Crippen LogP contribution in [0.2, 0.25) is 0 Å². The van der Waals surface area contributed by atoms with Crippen molar-refractivity contribution in [1.82, 2.24) is 4.90 Å². The van der Waals surface area contributed by atoms with Crippen molar-refractivity contribution in [3.05, 3.63) is 0 Å². The maximum Gasteiger partial charge on any atom is 0.317 e. The minimum Gasteiger partial charge on any atom is -0.480 e. The van der Waals surface area contributed by atoms with Crippen molar-refractivity contribution in [3.63, 3.8) is 0 Å². The molecule has 18 heavy (non-hydrogen) atoms. The summed E-state index contributed by atoms with van der Waals surface area (Å²) in [6.45, 7) is 5.72. The Kier molecular flexibility index (Phi) is 6.80. The zero-order valence-electron chi connectivity index (χ0n) is 11.5. The summed E-state index contributed by atoms with van der Waals surface area (Å²) in [6, 6.07) is 0. The fourth-order valence-electron chi connectivity index (χ4n) is 1.24. The highest BCUT2D eigenvalue weighted by atomic mass is 32.2. The highest BCUT2D eigenvalue weighted by Gasteiger charge is 2.29. The Morgan fingerprint density at radius 2 is 1.83 bits per heavy atom. The molecule has 1 N–H and O–H groups in total. The first-order chi connectivity index (χ1) is 8.10. The minimum absolute atomic E-state index is 0.0481. The van der Waals surface area contributed by atoms with Gasteiger partial charge in [-0.25, -0.2) is 8.42 Å². The van der Waals surface area contributed by atoms with Crippen LogP contribution in [-0.4, -0.2) is 68.2 Å². The molecule has 0 aromatic rings. The van der Waals surface area contributed by atoms with E-state index in [-0.39, 0.29) is 18.8 Å². The van der Waals surface area contributed by atoms with Crippen LogP contribution in [-0.2, 0) is 19.4 Å². The largest absolute Gasteiger partial charge is 0.480 e. The third-order valence-corrected chi connectivity index (χ3v) is 5.17. The van der Waals surface area contributed by atoms with Crippen molar-refractivity contribution in [3.8, 4) is 0 Å². The first kappa shape index (κ1) is 17.3. The third-order valence-electron chi connectivity index (χ3n) is 2.58. The summed E-state index contributed by atoms with van der Waals surface area (Å²) in [5.74, 6) is -1.02. The second-order valence-electron chi connectivity index (χ2n) is 5.09. The molecule has 0 aliphatic heterocycles. The van der Waals surface area contributed by atoms with Gasteiger partial charge in [0, 0.05) is 20.2 Å². The Hall–Kier alpha value is -0.660. The molecule has 0 unspecified atom stereocenters. The summed E-state index contributed by atoms with van der Waals surface area (Å²) in [4.78, 5) is 12.2. The molecule has 0 heterocycles. The number of methoxy groups -OCH3 is 1. The van der Waals surface area contributed by atoms with E-state index in [1.165, 1.54) is 7.11 Å². The van der Waals surface area contributed by atoms with E-state index in [0.29, 0.717) is 13.2 Å². The standard InChI is InChI=1S/C11H23NO5S/c1-11(2,3)18(15,16)8-6-12(5-7-17-4)9-10(13)14/h5-9H2,1-4H3,(H,13,14). The Labute approximate surface area is 109 Å². The van der Waals surface area contributed by atoms with Gasteiger partial charge in [-0.2, -0.15) is 0 Å². The number of carboxylic acids is 1. The number of aliphatic carboxylic acids is 1. The highest BCUT2D eigenvalue weighted by molar-refractivity contribution is 7.92. The topological polar surface area (TPSA) is 83.9 Å². The zero-order chi connectivity index (χ0) is 14.4. The Bertz CT molecular complexity index is 358. The van der Waals surface area contributed by atoms with Crippen LogP contribution >= 0.6 is 0 Å². The lowest BCUT2D eigenvalue weighted by atomic mass is 10.3. The second kappa shape index (κ2) is 7.06. The van der Waals surface area contributed by atoms with Gasteiger partial charge >= 0.3 is 5.97 Å². The van der Waals surface area contributed by atoms with Crippen LogP contribution in [0.1, 0.15) is 20.8 Å². The molecule has 0 rings (SSSR count). The van der Waals surface area contributed by atoms with Crippen molar-refractivity contribution < 1.29 is 23.1 Å². The van der Waals surface area contributed by atoms with Crippen LogP contribution < -0.4 is 0 Å². The van der Waals surface area contributed by atoms with Gasteiger partial charge in [0.2, 0.25) is 0 Å². The Morgan fingerprint density at radius 1 is 1.28 bits per heavy atom. The fourth-order valence-corrected chi connectivity index (χ4v) is 2.35. The lowest BCUT2D eigenvalue weighted by Gasteiger charge is -2.23. The van der Waals surface area contributed by atoms with Gasteiger partial charge in [0.1, 0.15) is 0 Å². The molecular formula is C11H23NO5S. The molecule has 0 fully saturated rings. The van der Waals surface area contributed by atoms with Gasteiger partial charge < -0.3 is 9.84 Å². The molecule has 0 radical (unpaired) electrons. The lowest BCUT2D eigenvalue weighted by molar-refractivity contribution is -0.138. The van der Waals surface area contributed by atoms with E-state index < -0.39 is 20.6 Å². The van der Waals surface area contributed by atoms with E-state index in [2.05, 4.69) is 0 Å². The number of hydrogen-bond donors (Lipinski definition) is 1. The van der Waals surface area contributed by atoms with Gasteiger partial charge in [0.05, 0.1) is 23.7 Å². The summed E-state index contributed by atoms with van der Waals surface area (Å²) in [5, 5.41) is 8.74. The van der Waals surface area contributed by atoms with Gasteiger partial charge in [-0.3, -0.25) is 9.69 Å². The van der Waals surface area contributed by atoms with Crippen LogP contribution in [0, 0.1) is 0 Å². The number of sulfone groups is 1. The average Bonchev–Trinajstić information content (AvgIpc) is 2.20. The summed E-state index contributed by atoms with van der Waals surface area (Å²) < 4.78 is 27.9. The van der Waals surface area contributed by atoms with E-state index in [4.69, 9.17) is 9.84 Å². The molecule has 6 nitrogen and oxygen atoms in total. The molecule has 7 heteroatoms. The molecule has 0 aliphatic rings. The molecular weight excluding hydrogens is 258 g/mol. The molecule has 0 atom stereocenters. The average molecular weight is 281 g/mol. The molecule has 0 saturated heterocycles. The third kappa shape index (κ3) is 6.32. The Balaban J connectivity index is 4.47. The van der Waals surface area contributed by atoms with Crippen molar-refractivity contribution >= 4 is 15.8 Å². The molecule has 0 spiro atoms. The summed E-state index contributed by atoms with van der Waals surface area (Å²) >= 11 is 0. The maximum absolute atomic E-state index is 11.9. The number of carboxylic acid groups (broad SMARTS) is 1. The van der Waals surface area contributed by atoms with E-state index in [9.17, 15) is 13.2 Å². The number of ether oxygens (including phenoxy) is 1. The number of rotatable bonds is 8. The van der Waals surface area contributed by atoms with Gasteiger partial charge in [-0.1, -0.05) is 0 Å². The monoisotopic (exact) mass is 281 g/mol. The smallest absolute Gasteiger partial charge is 0.317 e. The molecule has 0 aliphatic carbocycles. The quantitative estimate of drug-likeness (QED) is 0.686. The molecule has 0 aromatic carbocycles. The number of carbonyl (C=O) groups is 1. The minimum atomic E-state index is -3.23. The summed E-state index contributed by atoms with van der Waals surface area (Å²) in [5.41, 5.74) is 0. The maximum atomic E-state index is 11.9. The summed E-state index contributed by atoms with van der Waals surface area (Å²) in [6.07, 6.45) is 0.